The van der Waals surface area contributed by atoms with Crippen LogP contribution in [0.1, 0.15) is 34.2 Å². The Morgan fingerprint density at radius 3 is 2.71 bits per heavy atom. The lowest BCUT2D eigenvalue weighted by molar-refractivity contribution is 0.0944. The number of pyridine rings is 1. The van der Waals surface area contributed by atoms with E-state index in [1.165, 1.54) is 12.1 Å². The van der Waals surface area contributed by atoms with Crippen LogP contribution in [0.2, 0.25) is 0 Å². The topological polar surface area (TPSA) is 46.4 Å². The van der Waals surface area contributed by atoms with Crippen molar-refractivity contribution in [3.63, 3.8) is 0 Å². The summed E-state index contributed by atoms with van der Waals surface area (Å²) in [6.45, 7) is 4.28. The van der Waals surface area contributed by atoms with Crippen LogP contribution in [0.3, 0.4) is 0 Å². The van der Waals surface area contributed by atoms with Crippen molar-refractivity contribution >= 4 is 27.5 Å². The fraction of sp³-hybridized carbons (Fsp3) is 0.222. The number of hydrogen-bond acceptors (Lipinski definition) is 2. The first-order valence-electron chi connectivity index (χ1n) is 7.69. The third kappa shape index (κ3) is 3.19. The van der Waals surface area contributed by atoms with Gasteiger partial charge in [0.2, 0.25) is 0 Å². The minimum Gasteiger partial charge on any atom is -0.347 e. The van der Waals surface area contributed by atoms with Crippen LogP contribution in [0.15, 0.2) is 41.0 Å². The van der Waals surface area contributed by atoms with Crippen molar-refractivity contribution in [2.75, 3.05) is 0 Å². The van der Waals surface area contributed by atoms with Crippen LogP contribution >= 0.6 is 15.9 Å². The van der Waals surface area contributed by atoms with E-state index in [4.69, 9.17) is 0 Å². The molecule has 0 aliphatic rings. The number of carbonyl (C=O) groups is 1. The number of halogens is 2. The number of benzene rings is 1. The van der Waals surface area contributed by atoms with Gasteiger partial charge in [0, 0.05) is 17.2 Å². The maximum atomic E-state index is 13.0. The number of hydrogen-bond donors (Lipinski definition) is 1. The highest BCUT2D eigenvalue weighted by Crippen LogP contribution is 2.21. The van der Waals surface area contributed by atoms with Crippen molar-refractivity contribution in [3.05, 3.63) is 69.3 Å². The number of fused-ring (bicyclic) bond motifs is 1. The van der Waals surface area contributed by atoms with Crippen LogP contribution in [-0.4, -0.2) is 15.3 Å². The lowest BCUT2D eigenvalue weighted by Gasteiger charge is -2.08. The fourth-order valence-corrected chi connectivity index (χ4v) is 3.22. The van der Waals surface area contributed by atoms with Gasteiger partial charge in [-0.3, -0.25) is 9.20 Å². The summed E-state index contributed by atoms with van der Waals surface area (Å²) in [7, 11) is 0. The molecule has 0 bridgehead atoms. The smallest absolute Gasteiger partial charge is 0.270 e. The van der Waals surface area contributed by atoms with Crippen LogP contribution in [0.5, 0.6) is 0 Å². The molecular formula is C18H17BrFN3O. The molecule has 1 amide bonds. The second kappa shape index (κ2) is 6.73. The highest BCUT2D eigenvalue weighted by molar-refractivity contribution is 9.10. The molecule has 4 nitrogen and oxygen atoms in total. The molecule has 3 aromatic rings. The Bertz CT molecular complexity index is 903. The van der Waals surface area contributed by atoms with Crippen LogP contribution in [0.25, 0.3) is 5.65 Å². The van der Waals surface area contributed by atoms with E-state index >= 15 is 0 Å². The van der Waals surface area contributed by atoms with Crippen molar-refractivity contribution in [1.29, 1.82) is 0 Å². The zero-order valence-corrected chi connectivity index (χ0v) is 15.0. The number of nitrogens with one attached hydrogen (secondary N) is 1. The SMILES string of the molecule is CCc1nc2c(C)cc(Br)cn2c1C(=O)NCc1ccc(F)cc1. The Labute approximate surface area is 147 Å². The number of aryl methyl sites for hydroxylation is 2. The Morgan fingerprint density at radius 1 is 1.33 bits per heavy atom. The molecule has 1 aromatic carbocycles. The first kappa shape index (κ1) is 16.6. The number of amides is 1. The number of rotatable bonds is 4. The van der Waals surface area contributed by atoms with Gasteiger partial charge in [0.05, 0.1) is 5.69 Å². The third-order valence-corrected chi connectivity index (χ3v) is 4.29. The van der Waals surface area contributed by atoms with Gasteiger partial charge in [0.1, 0.15) is 17.2 Å². The van der Waals surface area contributed by atoms with Gasteiger partial charge >= 0.3 is 0 Å². The molecule has 24 heavy (non-hydrogen) atoms. The normalized spacial score (nSPS) is 11.0. The van der Waals surface area contributed by atoms with E-state index in [2.05, 4.69) is 26.2 Å². The molecule has 0 aliphatic carbocycles. The van der Waals surface area contributed by atoms with Gasteiger partial charge in [-0.1, -0.05) is 19.1 Å². The van der Waals surface area contributed by atoms with Crippen LogP contribution in [0, 0.1) is 12.7 Å². The highest BCUT2D eigenvalue weighted by atomic mass is 79.9. The third-order valence-electron chi connectivity index (χ3n) is 3.86. The molecule has 0 unspecified atom stereocenters. The molecule has 0 fully saturated rings. The Morgan fingerprint density at radius 2 is 2.04 bits per heavy atom. The van der Waals surface area contributed by atoms with Gasteiger partial charge in [-0.25, -0.2) is 9.37 Å². The summed E-state index contributed by atoms with van der Waals surface area (Å²) in [6.07, 6.45) is 2.51. The molecular weight excluding hydrogens is 373 g/mol. The minimum atomic E-state index is -0.291. The molecule has 124 valence electrons. The second-order valence-electron chi connectivity index (χ2n) is 5.60. The van der Waals surface area contributed by atoms with Gasteiger partial charge < -0.3 is 5.32 Å². The van der Waals surface area contributed by atoms with E-state index in [0.29, 0.717) is 18.7 Å². The second-order valence-corrected chi connectivity index (χ2v) is 6.52. The molecule has 1 N–H and O–H groups in total. The quantitative estimate of drug-likeness (QED) is 0.731. The standard InChI is InChI=1S/C18H17BrFN3O/c1-3-15-16(23-10-13(19)8-11(2)17(23)22-15)18(24)21-9-12-4-6-14(20)7-5-12/h4-8,10H,3,9H2,1-2H3,(H,21,24). The van der Waals surface area contributed by atoms with Crippen molar-refractivity contribution in [3.8, 4) is 0 Å². The maximum absolute atomic E-state index is 13.0. The molecule has 0 spiro atoms. The summed E-state index contributed by atoms with van der Waals surface area (Å²) in [4.78, 5) is 17.3. The number of imidazole rings is 1. The zero-order chi connectivity index (χ0) is 17.3. The lowest BCUT2D eigenvalue weighted by atomic mass is 10.2. The first-order valence-corrected chi connectivity index (χ1v) is 8.48. The van der Waals surface area contributed by atoms with Crippen molar-refractivity contribution in [2.45, 2.75) is 26.8 Å². The number of nitrogens with zero attached hydrogens (tertiary/aromatic N) is 2. The summed E-state index contributed by atoms with van der Waals surface area (Å²) in [5.74, 6) is -0.485. The summed E-state index contributed by atoms with van der Waals surface area (Å²) in [5.41, 5.74) is 3.92. The van der Waals surface area contributed by atoms with E-state index in [1.54, 1.807) is 12.1 Å². The first-order chi connectivity index (χ1) is 11.5. The van der Waals surface area contributed by atoms with Crippen molar-refractivity contribution in [1.82, 2.24) is 14.7 Å². The molecule has 0 radical (unpaired) electrons. The van der Waals surface area contributed by atoms with Crippen LogP contribution < -0.4 is 5.32 Å². The Hall–Kier alpha value is -2.21. The monoisotopic (exact) mass is 389 g/mol. The van der Waals surface area contributed by atoms with E-state index in [9.17, 15) is 9.18 Å². The molecule has 2 aromatic heterocycles. The predicted molar refractivity (Wildman–Crippen MR) is 94.6 cm³/mol. The average molecular weight is 390 g/mol. The number of aromatic nitrogens is 2. The Kier molecular flexibility index (Phi) is 4.66. The predicted octanol–water partition coefficient (Wildman–Crippen LogP) is 4.04. The van der Waals surface area contributed by atoms with Gasteiger partial charge in [0.25, 0.3) is 5.91 Å². The van der Waals surface area contributed by atoms with E-state index in [1.807, 2.05) is 30.5 Å². The summed E-state index contributed by atoms with van der Waals surface area (Å²) in [5, 5.41) is 2.89. The lowest BCUT2D eigenvalue weighted by Crippen LogP contribution is -2.25. The molecule has 0 saturated heterocycles. The van der Waals surface area contributed by atoms with Crippen molar-refractivity contribution < 1.29 is 9.18 Å². The molecule has 0 atom stereocenters. The minimum absolute atomic E-state index is 0.193. The Balaban J connectivity index is 1.92. The highest BCUT2D eigenvalue weighted by Gasteiger charge is 2.19. The molecule has 2 heterocycles. The maximum Gasteiger partial charge on any atom is 0.270 e. The molecule has 6 heteroatoms. The van der Waals surface area contributed by atoms with E-state index < -0.39 is 0 Å². The van der Waals surface area contributed by atoms with Crippen LogP contribution in [-0.2, 0) is 13.0 Å². The molecule has 3 rings (SSSR count). The molecule has 0 saturated carbocycles. The summed E-state index contributed by atoms with van der Waals surface area (Å²) >= 11 is 3.46. The van der Waals surface area contributed by atoms with Crippen molar-refractivity contribution in [2.24, 2.45) is 0 Å². The average Bonchev–Trinajstić information content (AvgIpc) is 2.93. The van der Waals surface area contributed by atoms with Gasteiger partial charge in [0.15, 0.2) is 0 Å². The van der Waals surface area contributed by atoms with Gasteiger partial charge in [-0.2, -0.15) is 0 Å². The van der Waals surface area contributed by atoms with Crippen LogP contribution in [0.4, 0.5) is 4.39 Å². The summed E-state index contributed by atoms with van der Waals surface area (Å²) in [6, 6.07) is 8.06. The van der Waals surface area contributed by atoms with E-state index in [0.717, 1.165) is 26.9 Å². The van der Waals surface area contributed by atoms with E-state index in [-0.39, 0.29) is 11.7 Å². The van der Waals surface area contributed by atoms with Gasteiger partial charge in [-0.15, -0.1) is 0 Å². The number of carbonyl (C=O) groups excluding carboxylic acids is 1. The molecule has 0 aliphatic heterocycles. The largest absolute Gasteiger partial charge is 0.347 e. The van der Waals surface area contributed by atoms with Gasteiger partial charge in [-0.05, 0) is 58.6 Å². The zero-order valence-electron chi connectivity index (χ0n) is 13.4. The fourth-order valence-electron chi connectivity index (χ4n) is 2.67. The summed E-state index contributed by atoms with van der Waals surface area (Å²) < 4.78 is 15.7.